The number of phenols is 1. The highest BCUT2D eigenvalue weighted by molar-refractivity contribution is 9.11. The van der Waals surface area contributed by atoms with Gasteiger partial charge in [-0.15, -0.1) is 0 Å². The third-order valence-corrected chi connectivity index (χ3v) is 4.12. The maximum Gasteiger partial charge on any atom is 0.387 e. The van der Waals surface area contributed by atoms with Gasteiger partial charge in [0, 0.05) is 12.1 Å². The Morgan fingerprint density at radius 2 is 1.44 bits per heavy atom. The standard InChI is InChI=1S/C7H4BrF2NO3.C6H4BrNO3/c8-6-4(11(12)13)2-1-3-5(6)14-7(9)10;7-6-4(8(10)11)2-1-3-5(6)9/h1-3,7H;1-3,9H. The first kappa shape index (κ1) is 20.7. The number of benzene rings is 2. The molecule has 2 rings (SSSR count). The van der Waals surface area contributed by atoms with E-state index < -0.39 is 16.5 Å². The molecule has 0 aromatic heterocycles. The summed E-state index contributed by atoms with van der Waals surface area (Å²) < 4.78 is 27.7. The molecular formula is C13H8Br2F2N2O6. The van der Waals surface area contributed by atoms with Crippen molar-refractivity contribution in [3.63, 3.8) is 0 Å². The van der Waals surface area contributed by atoms with E-state index in [0.29, 0.717) is 0 Å². The first-order chi connectivity index (χ1) is 11.6. The van der Waals surface area contributed by atoms with Crippen LogP contribution in [-0.4, -0.2) is 21.6 Å². The Morgan fingerprint density at radius 1 is 0.960 bits per heavy atom. The van der Waals surface area contributed by atoms with Crippen LogP contribution in [0.3, 0.4) is 0 Å². The fourth-order valence-electron chi connectivity index (χ4n) is 1.48. The van der Waals surface area contributed by atoms with E-state index >= 15 is 0 Å². The Bertz CT molecular complexity index is 791. The Labute approximate surface area is 155 Å². The van der Waals surface area contributed by atoms with Gasteiger partial charge in [0.05, 0.1) is 9.85 Å². The molecule has 0 aliphatic rings. The van der Waals surface area contributed by atoms with Gasteiger partial charge in [0.1, 0.15) is 20.4 Å². The maximum absolute atomic E-state index is 11.8. The summed E-state index contributed by atoms with van der Waals surface area (Å²) in [5.41, 5.74) is -0.451. The Morgan fingerprint density at radius 3 is 1.88 bits per heavy atom. The molecule has 12 heteroatoms. The molecule has 2 aromatic carbocycles. The molecule has 0 bridgehead atoms. The summed E-state index contributed by atoms with van der Waals surface area (Å²) in [5, 5.41) is 29.6. The third-order valence-electron chi connectivity index (χ3n) is 2.51. The van der Waals surface area contributed by atoms with Gasteiger partial charge in [0.15, 0.2) is 0 Å². The zero-order valence-electron chi connectivity index (χ0n) is 11.9. The number of nitro groups is 2. The lowest BCUT2D eigenvalue weighted by Crippen LogP contribution is -2.03. The molecule has 0 fully saturated rings. The number of nitrogens with zero attached hydrogens (tertiary/aromatic N) is 2. The Balaban J connectivity index is 0.000000257. The first-order valence-corrected chi connectivity index (χ1v) is 7.73. The first-order valence-electron chi connectivity index (χ1n) is 6.14. The SMILES string of the molecule is O=[N+]([O-])c1cccc(O)c1Br.O=[N+]([O-])c1cccc(OC(F)F)c1Br. The van der Waals surface area contributed by atoms with Crippen molar-refractivity contribution in [3.05, 3.63) is 65.6 Å². The number of halogens is 4. The van der Waals surface area contributed by atoms with Crippen molar-refractivity contribution >= 4 is 43.2 Å². The predicted octanol–water partition coefficient (Wildman–Crippen LogP) is 5.02. The van der Waals surface area contributed by atoms with Gasteiger partial charge in [-0.1, -0.05) is 12.1 Å². The minimum atomic E-state index is -3.01. The van der Waals surface area contributed by atoms with Gasteiger partial charge in [-0.05, 0) is 44.0 Å². The minimum Gasteiger partial charge on any atom is -0.507 e. The smallest absolute Gasteiger partial charge is 0.387 e. The molecule has 0 aliphatic carbocycles. The van der Waals surface area contributed by atoms with E-state index in [1.54, 1.807) is 0 Å². The molecule has 0 heterocycles. The number of hydrogen-bond acceptors (Lipinski definition) is 6. The van der Waals surface area contributed by atoms with Crippen LogP contribution in [0.5, 0.6) is 11.5 Å². The summed E-state index contributed by atoms with van der Waals surface area (Å²) in [6.45, 7) is -3.01. The largest absolute Gasteiger partial charge is 0.507 e. The fourth-order valence-corrected chi connectivity index (χ4v) is 2.39. The lowest BCUT2D eigenvalue weighted by molar-refractivity contribution is -0.385. The fraction of sp³-hybridized carbons (Fsp3) is 0.0769. The second-order valence-electron chi connectivity index (χ2n) is 4.09. The van der Waals surface area contributed by atoms with Gasteiger partial charge >= 0.3 is 6.61 Å². The molecule has 0 radical (unpaired) electrons. The molecular weight excluding hydrogens is 478 g/mol. The van der Waals surface area contributed by atoms with Crippen LogP contribution in [0.2, 0.25) is 0 Å². The molecule has 1 N–H and O–H groups in total. The number of alkyl halides is 2. The summed E-state index contributed by atoms with van der Waals surface area (Å²) in [6, 6.07) is 7.76. The van der Waals surface area contributed by atoms with Crippen molar-refractivity contribution < 1.29 is 28.5 Å². The third kappa shape index (κ3) is 5.90. The Hall–Kier alpha value is -2.34. The van der Waals surface area contributed by atoms with E-state index in [-0.39, 0.29) is 31.8 Å². The normalized spacial score (nSPS) is 9.96. The number of hydrogen-bond donors (Lipinski definition) is 1. The van der Waals surface area contributed by atoms with Crippen LogP contribution in [0.4, 0.5) is 20.2 Å². The molecule has 0 unspecified atom stereocenters. The number of ether oxygens (including phenoxy) is 1. The van der Waals surface area contributed by atoms with E-state index in [1.807, 2.05) is 0 Å². The van der Waals surface area contributed by atoms with Gasteiger partial charge in [-0.25, -0.2) is 0 Å². The van der Waals surface area contributed by atoms with Crippen molar-refractivity contribution in [1.82, 2.24) is 0 Å². The van der Waals surface area contributed by atoms with Crippen LogP contribution in [0.25, 0.3) is 0 Å². The molecule has 0 saturated carbocycles. The predicted molar refractivity (Wildman–Crippen MR) is 89.9 cm³/mol. The molecule has 0 atom stereocenters. The summed E-state index contributed by atoms with van der Waals surface area (Å²) in [6.07, 6.45) is 0. The van der Waals surface area contributed by atoms with Crippen LogP contribution in [0, 0.1) is 20.2 Å². The second kappa shape index (κ2) is 9.22. The summed E-state index contributed by atoms with van der Waals surface area (Å²) in [4.78, 5) is 19.4. The Kier molecular flexibility index (Phi) is 7.64. The highest BCUT2D eigenvalue weighted by Crippen LogP contribution is 2.34. The van der Waals surface area contributed by atoms with Gasteiger partial charge in [0.2, 0.25) is 0 Å². The topological polar surface area (TPSA) is 116 Å². The highest BCUT2D eigenvalue weighted by Gasteiger charge is 2.18. The average molecular weight is 486 g/mol. The minimum absolute atomic E-state index is 0.0923. The van der Waals surface area contributed by atoms with E-state index in [0.717, 1.165) is 0 Å². The maximum atomic E-state index is 11.8. The van der Waals surface area contributed by atoms with Gasteiger partial charge in [-0.3, -0.25) is 20.2 Å². The van der Waals surface area contributed by atoms with Crippen LogP contribution in [0.1, 0.15) is 0 Å². The van der Waals surface area contributed by atoms with E-state index in [2.05, 4.69) is 36.6 Å². The van der Waals surface area contributed by atoms with Gasteiger partial charge in [0.25, 0.3) is 11.4 Å². The molecule has 25 heavy (non-hydrogen) atoms. The molecule has 0 amide bonds. The van der Waals surface area contributed by atoms with E-state index in [1.165, 1.54) is 36.4 Å². The molecule has 0 spiro atoms. The lowest BCUT2D eigenvalue weighted by Gasteiger charge is -2.05. The van der Waals surface area contributed by atoms with Crippen LogP contribution in [0.15, 0.2) is 45.3 Å². The van der Waals surface area contributed by atoms with Crippen molar-refractivity contribution in [1.29, 1.82) is 0 Å². The van der Waals surface area contributed by atoms with Crippen LogP contribution < -0.4 is 4.74 Å². The van der Waals surface area contributed by atoms with Gasteiger partial charge < -0.3 is 9.84 Å². The van der Waals surface area contributed by atoms with Gasteiger partial charge in [-0.2, -0.15) is 8.78 Å². The summed E-state index contributed by atoms with van der Waals surface area (Å²) >= 11 is 5.70. The highest BCUT2D eigenvalue weighted by atomic mass is 79.9. The zero-order chi connectivity index (χ0) is 19.1. The summed E-state index contributed by atoms with van der Waals surface area (Å²) in [5.74, 6) is -0.381. The molecule has 2 aromatic rings. The molecule has 134 valence electrons. The zero-order valence-corrected chi connectivity index (χ0v) is 15.1. The van der Waals surface area contributed by atoms with Crippen molar-refractivity contribution in [2.24, 2.45) is 0 Å². The van der Waals surface area contributed by atoms with Crippen LogP contribution >= 0.6 is 31.9 Å². The number of rotatable bonds is 4. The average Bonchev–Trinajstić information content (AvgIpc) is 2.51. The second-order valence-corrected chi connectivity index (χ2v) is 5.68. The molecule has 8 nitrogen and oxygen atoms in total. The van der Waals surface area contributed by atoms with Crippen molar-refractivity contribution in [2.45, 2.75) is 6.61 Å². The number of phenolic OH excluding ortho intramolecular Hbond substituents is 1. The number of nitro benzene ring substituents is 2. The summed E-state index contributed by atoms with van der Waals surface area (Å²) in [7, 11) is 0. The molecule has 0 aliphatic heterocycles. The van der Waals surface area contributed by atoms with E-state index in [9.17, 15) is 29.0 Å². The number of aromatic hydroxyl groups is 1. The molecule has 0 saturated heterocycles. The van der Waals surface area contributed by atoms with Crippen molar-refractivity contribution in [3.8, 4) is 11.5 Å². The van der Waals surface area contributed by atoms with Crippen LogP contribution in [-0.2, 0) is 0 Å². The van der Waals surface area contributed by atoms with Crippen molar-refractivity contribution in [2.75, 3.05) is 0 Å². The lowest BCUT2D eigenvalue weighted by atomic mass is 10.3. The quantitative estimate of drug-likeness (QED) is 0.480. The van der Waals surface area contributed by atoms with E-state index in [4.69, 9.17) is 5.11 Å². The monoisotopic (exact) mass is 484 g/mol.